The van der Waals surface area contributed by atoms with Gasteiger partial charge in [-0.15, -0.1) is 0 Å². The van der Waals surface area contributed by atoms with Crippen molar-refractivity contribution in [3.05, 3.63) is 36.5 Å². The van der Waals surface area contributed by atoms with Crippen LogP contribution in [0.15, 0.2) is 36.5 Å². The molecule has 1 aromatic carbocycles. The van der Waals surface area contributed by atoms with Crippen molar-refractivity contribution in [2.75, 3.05) is 0 Å². The second-order valence-electron chi connectivity index (χ2n) is 2.36. The van der Waals surface area contributed by atoms with Crippen LogP contribution in [0.1, 0.15) is 0 Å². The van der Waals surface area contributed by atoms with E-state index in [-0.39, 0.29) is 0 Å². The zero-order chi connectivity index (χ0) is 8.39. The highest BCUT2D eigenvalue weighted by atomic mass is 16.3. The zero-order valence-electron chi connectivity index (χ0n) is 6.82. The molecule has 0 fully saturated rings. The lowest BCUT2D eigenvalue weighted by molar-refractivity contribution is 0.476. The van der Waals surface area contributed by atoms with Gasteiger partial charge in [-0.1, -0.05) is 6.07 Å². The van der Waals surface area contributed by atoms with Crippen molar-refractivity contribution < 1.29 is 5.11 Å². The number of benzene rings is 1. The summed E-state index contributed by atoms with van der Waals surface area (Å²) < 4.78 is 6.70. The highest BCUT2D eigenvalue weighted by Crippen LogP contribution is 2.16. The standard InChI is InChI=1S/C9H7NO/c11-8-3-4-9-7(6-8)2-1-5-10-9/h1-6,11H/i/hD. The molecule has 2 heteroatoms. The van der Waals surface area contributed by atoms with Crippen molar-refractivity contribution in [3.8, 4) is 5.75 Å². The van der Waals surface area contributed by atoms with Gasteiger partial charge < -0.3 is 5.11 Å². The number of phenols is 1. The summed E-state index contributed by atoms with van der Waals surface area (Å²) in [6.45, 7) is 0. The first kappa shape index (κ1) is 5.13. The first-order valence-corrected chi connectivity index (χ1v) is 3.38. The molecule has 0 saturated carbocycles. The van der Waals surface area contributed by atoms with Crippen LogP contribution >= 0.6 is 0 Å². The molecule has 0 unspecified atom stereocenters. The first-order chi connectivity index (χ1) is 5.90. The number of hydrogen-bond donors (Lipinski definition) is 1. The number of aromatic nitrogens is 1. The molecule has 0 bridgehead atoms. The normalized spacial score (nSPS) is 11.1. The van der Waals surface area contributed by atoms with Crippen LogP contribution < -0.4 is 0 Å². The SMILES string of the molecule is [2H]Oc1ccc2ncccc2c1. The number of hydrogen-bond acceptors (Lipinski definition) is 2. The van der Waals surface area contributed by atoms with Gasteiger partial charge in [0.1, 0.15) is 5.75 Å². The molecule has 0 saturated heterocycles. The molecule has 2 aromatic rings. The molecule has 0 aliphatic heterocycles. The van der Waals surface area contributed by atoms with Crippen molar-refractivity contribution in [1.29, 1.82) is 1.43 Å². The third-order valence-electron chi connectivity index (χ3n) is 1.57. The number of nitrogens with zero attached hydrogens (tertiary/aromatic N) is 1. The molecule has 1 heterocycles. The van der Waals surface area contributed by atoms with E-state index in [1.807, 2.05) is 18.2 Å². The highest BCUT2D eigenvalue weighted by Gasteiger charge is 1.92. The van der Waals surface area contributed by atoms with Crippen LogP contribution in [0.5, 0.6) is 5.75 Å². The molecule has 11 heavy (non-hydrogen) atoms. The number of aromatic hydroxyl groups is 1. The summed E-state index contributed by atoms with van der Waals surface area (Å²) in [6.07, 6.45) is 1.74. The summed E-state index contributed by atoms with van der Waals surface area (Å²) in [5, 5.41) is 5.33. The fourth-order valence-corrected chi connectivity index (χ4v) is 1.05. The van der Waals surface area contributed by atoms with E-state index < -0.39 is 0 Å². The Morgan fingerprint density at radius 3 is 3.27 bits per heavy atom. The largest absolute Gasteiger partial charge is 0.508 e. The maximum absolute atomic E-state index is 6.70. The Morgan fingerprint density at radius 1 is 1.36 bits per heavy atom. The van der Waals surface area contributed by atoms with Crippen LogP contribution in [-0.4, -0.2) is 11.5 Å². The van der Waals surface area contributed by atoms with Gasteiger partial charge in [0.25, 0.3) is 1.43 Å². The monoisotopic (exact) mass is 146 g/mol. The quantitative estimate of drug-likeness (QED) is 0.666. The van der Waals surface area contributed by atoms with Crippen LogP contribution in [0, 0.1) is 0 Å². The minimum absolute atomic E-state index is 0.538. The number of phenolic OH excluding ortho intramolecular Hbond substituents is 1. The van der Waals surface area contributed by atoms with Crippen LogP contribution in [0.4, 0.5) is 0 Å². The van der Waals surface area contributed by atoms with E-state index in [1.54, 1.807) is 18.3 Å². The second kappa shape index (κ2) is 2.23. The van der Waals surface area contributed by atoms with Gasteiger partial charge >= 0.3 is 0 Å². The Balaban J connectivity index is 2.67. The second-order valence-corrected chi connectivity index (χ2v) is 2.36. The predicted octanol–water partition coefficient (Wildman–Crippen LogP) is 1.94. The molecule has 2 nitrogen and oxygen atoms in total. The molecule has 0 amide bonds. The van der Waals surface area contributed by atoms with Gasteiger partial charge in [0.15, 0.2) is 0 Å². The van der Waals surface area contributed by atoms with Crippen molar-refractivity contribution in [1.82, 2.24) is 4.98 Å². The van der Waals surface area contributed by atoms with Gasteiger partial charge in [-0.3, -0.25) is 4.98 Å². The molecule has 0 aliphatic carbocycles. The van der Waals surface area contributed by atoms with E-state index in [0.717, 1.165) is 10.9 Å². The molecule has 2 rings (SSSR count). The smallest absolute Gasteiger partial charge is 0.293 e. The van der Waals surface area contributed by atoms with E-state index >= 15 is 0 Å². The molecular formula is C9H7NO. The minimum Gasteiger partial charge on any atom is -0.508 e. The van der Waals surface area contributed by atoms with Gasteiger partial charge in [-0.2, -0.15) is 0 Å². The third kappa shape index (κ3) is 1.03. The number of rotatable bonds is 1. The Hall–Kier alpha value is -1.57. The van der Waals surface area contributed by atoms with Crippen LogP contribution in [0.3, 0.4) is 0 Å². The lowest BCUT2D eigenvalue weighted by Gasteiger charge is -1.95. The lowest BCUT2D eigenvalue weighted by Crippen LogP contribution is -1.75. The maximum Gasteiger partial charge on any atom is 0.293 e. The van der Waals surface area contributed by atoms with E-state index in [0.29, 0.717) is 5.75 Å². The summed E-state index contributed by atoms with van der Waals surface area (Å²) >= 11 is 0. The molecule has 54 valence electrons. The van der Waals surface area contributed by atoms with Crippen LogP contribution in [0.2, 0.25) is 0 Å². The van der Waals surface area contributed by atoms with Crippen molar-refractivity contribution in [3.63, 3.8) is 0 Å². The molecule has 1 aromatic heterocycles. The van der Waals surface area contributed by atoms with Crippen LogP contribution in [-0.2, 0) is 0 Å². The van der Waals surface area contributed by atoms with E-state index in [1.165, 1.54) is 0 Å². The summed E-state index contributed by atoms with van der Waals surface area (Å²) in [7, 11) is 0. The highest BCUT2D eigenvalue weighted by molar-refractivity contribution is 5.79. The van der Waals surface area contributed by atoms with Gasteiger partial charge in [0, 0.05) is 11.6 Å². The van der Waals surface area contributed by atoms with E-state index in [4.69, 9.17) is 1.43 Å². The summed E-state index contributed by atoms with van der Waals surface area (Å²) in [4.78, 5) is 4.14. The fourth-order valence-electron chi connectivity index (χ4n) is 1.05. The van der Waals surface area contributed by atoms with E-state index in [9.17, 15) is 0 Å². The van der Waals surface area contributed by atoms with Crippen LogP contribution in [0.25, 0.3) is 10.9 Å². The Bertz CT molecular complexity index is 402. The Morgan fingerprint density at radius 2 is 2.36 bits per heavy atom. The molecule has 0 radical (unpaired) electrons. The average molecular weight is 146 g/mol. The average Bonchev–Trinajstić information content (AvgIpc) is 2.17. The molecule has 1 N–H and O–H groups in total. The molecule has 0 aliphatic rings. The topological polar surface area (TPSA) is 33.1 Å². The van der Waals surface area contributed by atoms with E-state index in [2.05, 4.69) is 10.1 Å². The molecule has 0 spiro atoms. The third-order valence-corrected chi connectivity index (χ3v) is 1.57. The summed E-state index contributed by atoms with van der Waals surface area (Å²) in [5.41, 5.74) is 0.915. The van der Waals surface area contributed by atoms with Gasteiger partial charge in [0.2, 0.25) is 0 Å². The predicted molar refractivity (Wildman–Crippen MR) is 43.4 cm³/mol. The first-order valence-electron chi connectivity index (χ1n) is 3.79. The zero-order valence-corrected chi connectivity index (χ0v) is 5.82. The summed E-state index contributed by atoms with van der Waals surface area (Å²) in [6, 6.07) is 9.14. The van der Waals surface area contributed by atoms with Gasteiger partial charge in [-0.25, -0.2) is 0 Å². The number of pyridine rings is 1. The Labute approximate surface area is 65.6 Å². The van der Waals surface area contributed by atoms with Crippen molar-refractivity contribution in [2.45, 2.75) is 0 Å². The van der Waals surface area contributed by atoms with Gasteiger partial charge in [0.05, 0.1) is 5.52 Å². The van der Waals surface area contributed by atoms with Crippen molar-refractivity contribution in [2.24, 2.45) is 0 Å². The lowest BCUT2D eigenvalue weighted by atomic mass is 10.2. The Kier molecular flexibility index (Phi) is 1.04. The van der Waals surface area contributed by atoms with Gasteiger partial charge in [-0.05, 0) is 24.3 Å². The fraction of sp³-hybridized carbons (Fsp3) is 0. The summed E-state index contributed by atoms with van der Waals surface area (Å²) in [5.74, 6) is 0.538. The number of fused-ring (bicyclic) bond motifs is 1. The minimum atomic E-state index is 0.538. The molecule has 0 atom stereocenters. The maximum atomic E-state index is 6.70. The molecular weight excluding hydrogens is 138 g/mol. The van der Waals surface area contributed by atoms with Crippen molar-refractivity contribution >= 4 is 10.9 Å².